The Morgan fingerprint density at radius 3 is 2.60 bits per heavy atom. The highest BCUT2D eigenvalue weighted by atomic mass is 16.5. The van der Waals surface area contributed by atoms with Crippen molar-refractivity contribution in [2.24, 2.45) is 0 Å². The molecule has 2 rings (SSSR count). The number of carbonyl (C=O) groups is 2. The Hall–Kier alpha value is -3.02. The summed E-state index contributed by atoms with van der Waals surface area (Å²) in [5.41, 5.74) is 1.32. The molecule has 25 heavy (non-hydrogen) atoms. The van der Waals surface area contributed by atoms with E-state index in [1.54, 1.807) is 31.4 Å². The fourth-order valence-corrected chi connectivity index (χ4v) is 2.36. The van der Waals surface area contributed by atoms with Crippen LogP contribution in [0.4, 0.5) is 0 Å². The molecule has 0 atom stereocenters. The lowest BCUT2D eigenvalue weighted by molar-refractivity contribution is -0.151. The van der Waals surface area contributed by atoms with Gasteiger partial charge in [-0.25, -0.2) is 0 Å². The third-order valence-electron chi connectivity index (χ3n) is 3.61. The van der Waals surface area contributed by atoms with Crippen LogP contribution < -0.4 is 4.74 Å². The molecule has 0 bridgehead atoms. The van der Waals surface area contributed by atoms with Crippen molar-refractivity contribution >= 4 is 22.8 Å². The second kappa shape index (κ2) is 8.73. The fourth-order valence-electron chi connectivity index (χ4n) is 2.36. The SMILES string of the molecule is C=CCN(CC=C)C(=O)COC(=O)Cc1coc2cc(OC)ccc12. The summed E-state index contributed by atoms with van der Waals surface area (Å²) >= 11 is 0. The van der Waals surface area contributed by atoms with Gasteiger partial charge in [0.25, 0.3) is 5.91 Å². The van der Waals surface area contributed by atoms with Crippen molar-refractivity contribution in [3.05, 3.63) is 55.3 Å². The number of furan rings is 1. The summed E-state index contributed by atoms with van der Waals surface area (Å²) in [6.45, 7) is 7.62. The standard InChI is InChI=1S/C19H21NO5/c1-4-8-20(9-5-2)18(21)13-25-19(22)10-14-12-24-17-11-15(23-3)6-7-16(14)17/h4-7,11-12H,1-2,8-10,13H2,3H3. The van der Waals surface area contributed by atoms with Crippen LogP contribution in [0.1, 0.15) is 5.56 Å². The van der Waals surface area contributed by atoms with Gasteiger partial charge in [0, 0.05) is 30.1 Å². The number of ether oxygens (including phenoxy) is 2. The monoisotopic (exact) mass is 343 g/mol. The summed E-state index contributed by atoms with van der Waals surface area (Å²) in [5.74, 6) is -0.120. The minimum absolute atomic E-state index is 0.0233. The van der Waals surface area contributed by atoms with Gasteiger partial charge >= 0.3 is 5.97 Å². The molecule has 1 aromatic carbocycles. The van der Waals surface area contributed by atoms with E-state index in [0.717, 1.165) is 5.39 Å². The Kier molecular flexibility index (Phi) is 6.39. The molecule has 0 fully saturated rings. The molecule has 1 amide bonds. The summed E-state index contributed by atoms with van der Waals surface area (Å²) in [5, 5.41) is 0.809. The number of benzene rings is 1. The Bertz CT molecular complexity index is 767. The zero-order valence-corrected chi connectivity index (χ0v) is 14.2. The maximum Gasteiger partial charge on any atom is 0.310 e. The van der Waals surface area contributed by atoms with Crippen LogP contribution in [-0.4, -0.2) is 43.6 Å². The molecule has 0 spiro atoms. The Morgan fingerprint density at radius 1 is 1.24 bits per heavy atom. The van der Waals surface area contributed by atoms with E-state index >= 15 is 0 Å². The lowest BCUT2D eigenvalue weighted by atomic mass is 10.1. The van der Waals surface area contributed by atoms with E-state index in [0.29, 0.717) is 30.0 Å². The van der Waals surface area contributed by atoms with Crippen molar-refractivity contribution in [1.29, 1.82) is 0 Å². The quantitative estimate of drug-likeness (QED) is 0.517. The van der Waals surface area contributed by atoms with E-state index in [9.17, 15) is 9.59 Å². The van der Waals surface area contributed by atoms with Crippen molar-refractivity contribution in [2.75, 3.05) is 26.8 Å². The number of carbonyl (C=O) groups excluding carboxylic acids is 2. The predicted molar refractivity (Wildman–Crippen MR) is 94.4 cm³/mol. The minimum Gasteiger partial charge on any atom is -0.497 e. The zero-order chi connectivity index (χ0) is 18.2. The highest BCUT2D eigenvalue weighted by Crippen LogP contribution is 2.26. The largest absolute Gasteiger partial charge is 0.497 e. The van der Waals surface area contributed by atoms with E-state index < -0.39 is 5.97 Å². The van der Waals surface area contributed by atoms with Crippen molar-refractivity contribution in [2.45, 2.75) is 6.42 Å². The number of methoxy groups -OCH3 is 1. The second-order valence-electron chi connectivity index (χ2n) is 5.34. The molecule has 6 heteroatoms. The number of fused-ring (bicyclic) bond motifs is 1. The van der Waals surface area contributed by atoms with E-state index in [2.05, 4.69) is 13.2 Å². The molecular weight excluding hydrogens is 322 g/mol. The van der Waals surface area contributed by atoms with E-state index in [4.69, 9.17) is 13.9 Å². The number of esters is 1. The van der Waals surface area contributed by atoms with Gasteiger partial charge in [-0.05, 0) is 12.1 Å². The maximum absolute atomic E-state index is 12.0. The van der Waals surface area contributed by atoms with Gasteiger partial charge in [-0.1, -0.05) is 12.2 Å². The van der Waals surface area contributed by atoms with Crippen LogP contribution in [0.25, 0.3) is 11.0 Å². The van der Waals surface area contributed by atoms with Gasteiger partial charge in [-0.2, -0.15) is 0 Å². The van der Waals surface area contributed by atoms with Crippen molar-refractivity contribution < 1.29 is 23.5 Å². The molecule has 0 aliphatic carbocycles. The summed E-state index contributed by atoms with van der Waals surface area (Å²) < 4.78 is 15.6. The van der Waals surface area contributed by atoms with Gasteiger partial charge in [0.15, 0.2) is 6.61 Å². The molecule has 0 N–H and O–H groups in total. The summed E-state index contributed by atoms with van der Waals surface area (Å²) in [6, 6.07) is 5.36. The van der Waals surface area contributed by atoms with Gasteiger partial charge < -0.3 is 18.8 Å². The highest BCUT2D eigenvalue weighted by Gasteiger charge is 2.16. The average molecular weight is 343 g/mol. The molecule has 6 nitrogen and oxygen atoms in total. The van der Waals surface area contributed by atoms with Gasteiger partial charge in [-0.3, -0.25) is 9.59 Å². The van der Waals surface area contributed by atoms with Crippen molar-refractivity contribution in [3.63, 3.8) is 0 Å². The van der Waals surface area contributed by atoms with Gasteiger partial charge in [0.05, 0.1) is 19.8 Å². The van der Waals surface area contributed by atoms with Gasteiger partial charge in [-0.15, -0.1) is 13.2 Å². The first-order valence-electron chi connectivity index (χ1n) is 7.78. The molecule has 0 saturated carbocycles. The number of hydrogen-bond acceptors (Lipinski definition) is 5. The molecule has 1 heterocycles. The molecule has 0 aliphatic heterocycles. The smallest absolute Gasteiger partial charge is 0.310 e. The molecule has 0 unspecified atom stereocenters. The summed E-state index contributed by atoms with van der Waals surface area (Å²) in [7, 11) is 1.57. The van der Waals surface area contributed by atoms with Crippen molar-refractivity contribution in [3.8, 4) is 5.75 Å². The van der Waals surface area contributed by atoms with Crippen LogP contribution >= 0.6 is 0 Å². The molecule has 0 saturated heterocycles. The second-order valence-corrected chi connectivity index (χ2v) is 5.34. The third kappa shape index (κ3) is 4.73. The lowest BCUT2D eigenvalue weighted by Gasteiger charge is -2.18. The molecule has 0 aliphatic rings. The van der Waals surface area contributed by atoms with Crippen LogP contribution in [0.15, 0.2) is 54.2 Å². The number of amides is 1. The fraction of sp³-hybridized carbons (Fsp3) is 0.263. The number of hydrogen-bond donors (Lipinski definition) is 0. The van der Waals surface area contributed by atoms with Gasteiger partial charge in [0.1, 0.15) is 11.3 Å². The van der Waals surface area contributed by atoms with Crippen LogP contribution in [0.5, 0.6) is 5.75 Å². The number of nitrogens with zero attached hydrogens (tertiary/aromatic N) is 1. The normalized spacial score (nSPS) is 10.3. The topological polar surface area (TPSA) is 69.0 Å². The zero-order valence-electron chi connectivity index (χ0n) is 14.2. The van der Waals surface area contributed by atoms with E-state index in [1.807, 2.05) is 6.07 Å². The predicted octanol–water partition coefficient (Wildman–Crippen LogP) is 2.73. The first-order valence-corrected chi connectivity index (χ1v) is 7.78. The molecular formula is C19H21NO5. The summed E-state index contributed by atoms with van der Waals surface area (Å²) in [6.07, 6.45) is 4.74. The lowest BCUT2D eigenvalue weighted by Crippen LogP contribution is -2.35. The third-order valence-corrected chi connectivity index (χ3v) is 3.61. The van der Waals surface area contributed by atoms with Gasteiger partial charge in [0.2, 0.25) is 0 Å². The molecule has 0 radical (unpaired) electrons. The highest BCUT2D eigenvalue weighted by molar-refractivity contribution is 5.87. The maximum atomic E-state index is 12.0. The van der Waals surface area contributed by atoms with Crippen LogP contribution in [0.2, 0.25) is 0 Å². The Labute approximate surface area is 146 Å². The Balaban J connectivity index is 1.95. The van der Waals surface area contributed by atoms with Crippen LogP contribution in [0, 0.1) is 0 Å². The van der Waals surface area contributed by atoms with Crippen molar-refractivity contribution in [1.82, 2.24) is 4.90 Å². The van der Waals surface area contributed by atoms with Crippen LogP contribution in [-0.2, 0) is 20.7 Å². The molecule has 1 aromatic heterocycles. The minimum atomic E-state index is -0.496. The van der Waals surface area contributed by atoms with E-state index in [1.165, 1.54) is 11.2 Å². The molecule has 132 valence electrons. The average Bonchev–Trinajstić information content (AvgIpc) is 3.01. The van der Waals surface area contributed by atoms with E-state index in [-0.39, 0.29) is 18.9 Å². The first-order chi connectivity index (χ1) is 12.1. The van der Waals surface area contributed by atoms with Crippen LogP contribution in [0.3, 0.4) is 0 Å². The summed E-state index contributed by atoms with van der Waals surface area (Å²) in [4.78, 5) is 25.5. The first kappa shape index (κ1) is 18.3. The molecule has 2 aromatic rings. The Morgan fingerprint density at radius 2 is 1.96 bits per heavy atom. The number of rotatable bonds is 9.